The first-order valence-electron chi connectivity index (χ1n) is 2.95. The van der Waals surface area contributed by atoms with E-state index in [0.717, 1.165) is 0 Å². The van der Waals surface area contributed by atoms with Crippen molar-refractivity contribution in [1.29, 1.82) is 5.41 Å². The van der Waals surface area contributed by atoms with Crippen LogP contribution in [0.15, 0.2) is 12.3 Å². The van der Waals surface area contributed by atoms with Crippen LogP contribution in [0.5, 0.6) is 5.88 Å². The first-order valence-corrected chi connectivity index (χ1v) is 2.95. The molecule has 0 saturated heterocycles. The molecule has 1 aromatic rings. The Morgan fingerprint density at radius 3 is 2.91 bits per heavy atom. The zero-order valence-electron chi connectivity index (χ0n) is 6.03. The summed E-state index contributed by atoms with van der Waals surface area (Å²) in [7, 11) is 1.45. The van der Waals surface area contributed by atoms with Gasteiger partial charge in [0.1, 0.15) is 5.84 Å². The van der Waals surface area contributed by atoms with Crippen molar-refractivity contribution < 1.29 is 4.74 Å². The van der Waals surface area contributed by atoms with Crippen molar-refractivity contribution in [3.8, 4) is 5.88 Å². The number of nitrogen functional groups attached to an aromatic ring is 1. The summed E-state index contributed by atoms with van der Waals surface area (Å²) >= 11 is 0. The summed E-state index contributed by atoms with van der Waals surface area (Å²) in [6.07, 6.45) is 1.46. The molecule has 1 aromatic heterocycles. The summed E-state index contributed by atoms with van der Waals surface area (Å²) in [5, 5.41) is 14.3. The van der Waals surface area contributed by atoms with Gasteiger partial charge in [-0.2, -0.15) is 5.10 Å². The molecule has 0 amide bonds. The van der Waals surface area contributed by atoms with Gasteiger partial charge < -0.3 is 10.5 Å². The van der Waals surface area contributed by atoms with Gasteiger partial charge in [-0.3, -0.25) is 5.41 Å². The number of nitrogens with zero attached hydrogens (tertiary/aromatic N) is 2. The summed E-state index contributed by atoms with van der Waals surface area (Å²) in [6.45, 7) is 0. The third-order valence-electron chi connectivity index (χ3n) is 1.17. The molecule has 0 unspecified atom stereocenters. The van der Waals surface area contributed by atoms with Crippen molar-refractivity contribution in [2.24, 2.45) is 5.73 Å². The second-order valence-corrected chi connectivity index (χ2v) is 1.87. The molecular formula is C6H8N4O. The van der Waals surface area contributed by atoms with E-state index in [4.69, 9.17) is 15.9 Å². The SMILES string of the molecule is COc1nnccc1C(=N)N. The molecule has 0 aliphatic carbocycles. The zero-order valence-corrected chi connectivity index (χ0v) is 6.03. The molecule has 5 heteroatoms. The number of aromatic nitrogens is 2. The van der Waals surface area contributed by atoms with Crippen LogP contribution >= 0.6 is 0 Å². The average molecular weight is 152 g/mol. The molecule has 11 heavy (non-hydrogen) atoms. The van der Waals surface area contributed by atoms with Crippen molar-refractivity contribution in [1.82, 2.24) is 10.2 Å². The van der Waals surface area contributed by atoms with Gasteiger partial charge in [-0.15, -0.1) is 5.10 Å². The Morgan fingerprint density at radius 1 is 1.73 bits per heavy atom. The van der Waals surface area contributed by atoms with Crippen LogP contribution in [-0.2, 0) is 0 Å². The quantitative estimate of drug-likeness (QED) is 0.452. The molecule has 0 aliphatic heterocycles. The minimum Gasteiger partial charge on any atom is -0.479 e. The Morgan fingerprint density at radius 2 is 2.45 bits per heavy atom. The first-order chi connectivity index (χ1) is 5.25. The predicted octanol–water partition coefficient (Wildman–Crippen LogP) is -0.231. The molecule has 1 heterocycles. The number of hydrogen-bond acceptors (Lipinski definition) is 4. The van der Waals surface area contributed by atoms with Gasteiger partial charge in [-0.05, 0) is 6.07 Å². The molecule has 0 spiro atoms. The van der Waals surface area contributed by atoms with Gasteiger partial charge in [0, 0.05) is 0 Å². The molecule has 0 saturated carbocycles. The molecule has 0 aromatic carbocycles. The van der Waals surface area contributed by atoms with Crippen molar-refractivity contribution in [2.75, 3.05) is 7.11 Å². The smallest absolute Gasteiger partial charge is 0.244 e. The predicted molar refractivity (Wildman–Crippen MR) is 39.6 cm³/mol. The fourth-order valence-corrected chi connectivity index (χ4v) is 0.675. The van der Waals surface area contributed by atoms with Crippen LogP contribution < -0.4 is 10.5 Å². The molecular weight excluding hydrogens is 144 g/mol. The molecule has 58 valence electrons. The Bertz CT molecular complexity index is 273. The van der Waals surface area contributed by atoms with Gasteiger partial charge >= 0.3 is 0 Å². The molecule has 5 nitrogen and oxygen atoms in total. The maximum atomic E-state index is 7.11. The van der Waals surface area contributed by atoms with Gasteiger partial charge in [0.15, 0.2) is 0 Å². The molecule has 0 bridgehead atoms. The van der Waals surface area contributed by atoms with Gasteiger partial charge in [0.25, 0.3) is 0 Å². The van der Waals surface area contributed by atoms with Crippen molar-refractivity contribution in [3.63, 3.8) is 0 Å². The highest BCUT2D eigenvalue weighted by Crippen LogP contribution is 2.10. The van der Waals surface area contributed by atoms with E-state index in [1.807, 2.05) is 0 Å². The molecule has 0 aliphatic rings. The van der Waals surface area contributed by atoms with E-state index in [0.29, 0.717) is 5.56 Å². The highest BCUT2D eigenvalue weighted by molar-refractivity contribution is 5.96. The third kappa shape index (κ3) is 1.43. The standard InChI is InChI=1S/C6H8N4O/c1-11-6-4(5(7)8)2-3-9-10-6/h2-3H,1H3,(H3,7,8). The highest BCUT2D eigenvalue weighted by atomic mass is 16.5. The lowest BCUT2D eigenvalue weighted by Gasteiger charge is -2.02. The van der Waals surface area contributed by atoms with E-state index in [-0.39, 0.29) is 11.7 Å². The van der Waals surface area contributed by atoms with Crippen molar-refractivity contribution in [2.45, 2.75) is 0 Å². The largest absolute Gasteiger partial charge is 0.479 e. The van der Waals surface area contributed by atoms with Gasteiger partial charge in [0.2, 0.25) is 5.88 Å². The van der Waals surface area contributed by atoms with Crippen LogP contribution in [-0.4, -0.2) is 23.1 Å². The van der Waals surface area contributed by atoms with Crippen LogP contribution in [0.1, 0.15) is 5.56 Å². The number of methoxy groups -OCH3 is 1. The fourth-order valence-electron chi connectivity index (χ4n) is 0.675. The number of nitrogens with one attached hydrogen (secondary N) is 1. The second-order valence-electron chi connectivity index (χ2n) is 1.87. The third-order valence-corrected chi connectivity index (χ3v) is 1.17. The second kappa shape index (κ2) is 2.96. The van der Waals surface area contributed by atoms with E-state index in [1.165, 1.54) is 13.3 Å². The minimum atomic E-state index is -0.0725. The molecule has 0 atom stereocenters. The van der Waals surface area contributed by atoms with E-state index < -0.39 is 0 Å². The molecule has 1 rings (SSSR count). The van der Waals surface area contributed by atoms with Gasteiger partial charge in [0.05, 0.1) is 18.9 Å². The zero-order chi connectivity index (χ0) is 8.27. The lowest BCUT2D eigenvalue weighted by Crippen LogP contribution is -2.13. The number of amidine groups is 1. The van der Waals surface area contributed by atoms with Gasteiger partial charge in [-0.1, -0.05) is 0 Å². The number of hydrogen-bond donors (Lipinski definition) is 2. The van der Waals surface area contributed by atoms with Crippen LogP contribution in [0.3, 0.4) is 0 Å². The first kappa shape index (κ1) is 7.46. The Hall–Kier alpha value is -1.65. The van der Waals surface area contributed by atoms with Crippen LogP contribution in [0.4, 0.5) is 0 Å². The maximum Gasteiger partial charge on any atom is 0.244 e. The summed E-state index contributed by atoms with van der Waals surface area (Å²) in [6, 6.07) is 1.58. The van der Waals surface area contributed by atoms with Gasteiger partial charge in [-0.25, -0.2) is 0 Å². The van der Waals surface area contributed by atoms with Crippen LogP contribution in [0, 0.1) is 5.41 Å². The number of nitrogens with two attached hydrogens (primary N) is 1. The van der Waals surface area contributed by atoms with Crippen molar-refractivity contribution >= 4 is 5.84 Å². The maximum absolute atomic E-state index is 7.11. The van der Waals surface area contributed by atoms with E-state index in [1.54, 1.807) is 6.07 Å². The summed E-state index contributed by atoms with van der Waals surface area (Å²) < 4.78 is 4.81. The number of ether oxygens (including phenoxy) is 1. The minimum absolute atomic E-state index is 0.0725. The van der Waals surface area contributed by atoms with E-state index >= 15 is 0 Å². The summed E-state index contributed by atoms with van der Waals surface area (Å²) in [5.41, 5.74) is 5.69. The highest BCUT2D eigenvalue weighted by Gasteiger charge is 2.05. The monoisotopic (exact) mass is 152 g/mol. The van der Waals surface area contributed by atoms with Crippen LogP contribution in [0.25, 0.3) is 0 Å². The van der Waals surface area contributed by atoms with Crippen molar-refractivity contribution in [3.05, 3.63) is 17.8 Å². The Kier molecular flexibility index (Phi) is 2.00. The lowest BCUT2D eigenvalue weighted by atomic mass is 10.3. The van der Waals surface area contributed by atoms with E-state index in [9.17, 15) is 0 Å². The molecule has 0 radical (unpaired) electrons. The number of rotatable bonds is 2. The molecule has 0 fully saturated rings. The average Bonchev–Trinajstić information content (AvgIpc) is 2.04. The Balaban J connectivity index is 3.12. The fraction of sp³-hybridized carbons (Fsp3) is 0.167. The van der Waals surface area contributed by atoms with E-state index in [2.05, 4.69) is 10.2 Å². The van der Waals surface area contributed by atoms with Crippen LogP contribution in [0.2, 0.25) is 0 Å². The summed E-state index contributed by atoms with van der Waals surface area (Å²) in [5.74, 6) is 0.205. The topological polar surface area (TPSA) is 84.9 Å². The summed E-state index contributed by atoms with van der Waals surface area (Å²) in [4.78, 5) is 0. The normalized spacial score (nSPS) is 9.18. The Labute approximate surface area is 63.7 Å². The molecule has 3 N–H and O–H groups in total. The lowest BCUT2D eigenvalue weighted by molar-refractivity contribution is 0.391.